The van der Waals surface area contributed by atoms with Crippen LogP contribution in [0.15, 0.2) is 17.2 Å². The molecule has 2 N–H and O–H groups in total. The van der Waals surface area contributed by atoms with Gasteiger partial charge in [-0.1, -0.05) is 0 Å². The van der Waals surface area contributed by atoms with E-state index in [1.807, 2.05) is 20.8 Å². The summed E-state index contributed by atoms with van der Waals surface area (Å²) in [7, 11) is 0. The van der Waals surface area contributed by atoms with Gasteiger partial charge in [-0.3, -0.25) is 4.79 Å². The van der Waals surface area contributed by atoms with Crippen molar-refractivity contribution in [2.45, 2.75) is 64.6 Å². The molecule has 0 radical (unpaired) electrons. The average Bonchev–Trinajstić information content (AvgIpc) is 2.38. The number of rotatable bonds is 2. The summed E-state index contributed by atoms with van der Waals surface area (Å²) in [5, 5.41) is 0. The highest BCUT2D eigenvalue weighted by atomic mass is 16.1. The van der Waals surface area contributed by atoms with Gasteiger partial charge in [-0.15, -0.1) is 0 Å². The van der Waals surface area contributed by atoms with Crippen LogP contribution in [0, 0.1) is 0 Å². The molecule has 1 aliphatic rings. The van der Waals surface area contributed by atoms with Crippen LogP contribution in [0.5, 0.6) is 0 Å². The van der Waals surface area contributed by atoms with E-state index in [1.165, 1.54) is 6.42 Å². The van der Waals surface area contributed by atoms with Crippen LogP contribution in [0.1, 0.15) is 47.0 Å². The summed E-state index contributed by atoms with van der Waals surface area (Å²) < 4.78 is 1.75. The van der Waals surface area contributed by atoms with Crippen LogP contribution in [0.4, 0.5) is 5.82 Å². The zero-order valence-corrected chi connectivity index (χ0v) is 13.0. The lowest BCUT2D eigenvalue weighted by atomic mass is 9.96. The SMILES string of the molecule is CC1CCCC(CN)N1c1nccn(C(C)(C)C)c1=O. The van der Waals surface area contributed by atoms with E-state index >= 15 is 0 Å². The maximum absolute atomic E-state index is 12.7. The third-order valence-electron chi connectivity index (χ3n) is 4.09. The van der Waals surface area contributed by atoms with E-state index in [4.69, 9.17) is 5.73 Å². The van der Waals surface area contributed by atoms with E-state index in [9.17, 15) is 4.79 Å². The lowest BCUT2D eigenvalue weighted by Crippen LogP contribution is -2.52. The van der Waals surface area contributed by atoms with Gasteiger partial charge >= 0.3 is 0 Å². The largest absolute Gasteiger partial charge is 0.345 e. The Hall–Kier alpha value is -1.36. The van der Waals surface area contributed by atoms with Crippen LogP contribution < -0.4 is 16.2 Å². The van der Waals surface area contributed by atoms with Crippen molar-refractivity contribution in [3.05, 3.63) is 22.7 Å². The zero-order valence-electron chi connectivity index (χ0n) is 13.0. The van der Waals surface area contributed by atoms with Crippen LogP contribution in [0.25, 0.3) is 0 Å². The predicted octanol–water partition coefficient (Wildman–Crippen LogP) is 1.70. The van der Waals surface area contributed by atoms with E-state index in [-0.39, 0.29) is 17.1 Å². The molecule has 5 nitrogen and oxygen atoms in total. The molecule has 0 amide bonds. The van der Waals surface area contributed by atoms with Crippen LogP contribution in [0.3, 0.4) is 0 Å². The van der Waals surface area contributed by atoms with Crippen molar-refractivity contribution in [2.24, 2.45) is 5.73 Å². The normalized spacial score (nSPS) is 23.9. The van der Waals surface area contributed by atoms with Crippen molar-refractivity contribution in [2.75, 3.05) is 11.4 Å². The number of nitrogens with two attached hydrogens (primary N) is 1. The van der Waals surface area contributed by atoms with Gasteiger partial charge < -0.3 is 15.2 Å². The molecule has 1 aromatic heterocycles. The molecule has 0 saturated carbocycles. The lowest BCUT2D eigenvalue weighted by Gasteiger charge is -2.41. The fraction of sp³-hybridized carbons (Fsp3) is 0.733. The van der Waals surface area contributed by atoms with Crippen LogP contribution in [-0.4, -0.2) is 28.2 Å². The summed E-state index contributed by atoms with van der Waals surface area (Å²) in [6.45, 7) is 8.79. The molecule has 112 valence electrons. The van der Waals surface area contributed by atoms with Crippen LogP contribution in [0.2, 0.25) is 0 Å². The average molecular weight is 278 g/mol. The summed E-state index contributed by atoms with van der Waals surface area (Å²) in [4.78, 5) is 19.2. The number of piperidine rings is 1. The molecule has 0 spiro atoms. The topological polar surface area (TPSA) is 64.2 Å². The van der Waals surface area contributed by atoms with E-state index in [0.717, 1.165) is 12.8 Å². The van der Waals surface area contributed by atoms with E-state index in [0.29, 0.717) is 18.4 Å². The third-order valence-corrected chi connectivity index (χ3v) is 4.09. The Morgan fingerprint density at radius 2 is 2.10 bits per heavy atom. The van der Waals surface area contributed by atoms with Gasteiger partial charge in [0.15, 0.2) is 5.82 Å². The van der Waals surface area contributed by atoms with Crippen LogP contribution >= 0.6 is 0 Å². The fourth-order valence-electron chi connectivity index (χ4n) is 3.01. The molecule has 1 fully saturated rings. The second-order valence-corrected chi connectivity index (χ2v) is 6.67. The standard InChI is InChI=1S/C15H26N4O/c1-11-6-5-7-12(10-16)19(11)13-14(20)18(9-8-17-13)15(2,3)4/h8-9,11-12H,5-7,10,16H2,1-4H3. The third kappa shape index (κ3) is 2.73. The minimum atomic E-state index is -0.244. The highest BCUT2D eigenvalue weighted by molar-refractivity contribution is 5.40. The molecule has 2 unspecified atom stereocenters. The Morgan fingerprint density at radius 1 is 1.40 bits per heavy atom. The maximum atomic E-state index is 12.7. The predicted molar refractivity (Wildman–Crippen MR) is 82.1 cm³/mol. The Kier molecular flexibility index (Phi) is 4.18. The van der Waals surface area contributed by atoms with Gasteiger partial charge in [-0.05, 0) is 47.0 Å². The van der Waals surface area contributed by atoms with Gasteiger partial charge in [0, 0.05) is 36.6 Å². The molecule has 1 saturated heterocycles. The number of hydrogen-bond acceptors (Lipinski definition) is 4. The summed E-state index contributed by atoms with van der Waals surface area (Å²) in [6, 6.07) is 0.531. The molecular formula is C15H26N4O. The quantitative estimate of drug-likeness (QED) is 0.894. The van der Waals surface area contributed by atoms with E-state index in [2.05, 4.69) is 16.8 Å². The van der Waals surface area contributed by atoms with E-state index < -0.39 is 0 Å². The van der Waals surface area contributed by atoms with Crippen molar-refractivity contribution in [1.82, 2.24) is 9.55 Å². The van der Waals surface area contributed by atoms with Crippen molar-refractivity contribution >= 4 is 5.82 Å². The molecule has 2 rings (SSSR count). The van der Waals surface area contributed by atoms with Crippen molar-refractivity contribution in [3.63, 3.8) is 0 Å². The molecular weight excluding hydrogens is 252 g/mol. The Labute approximate surface area is 120 Å². The van der Waals surface area contributed by atoms with Gasteiger partial charge in [0.2, 0.25) is 0 Å². The molecule has 0 bridgehead atoms. The minimum absolute atomic E-state index is 0.0211. The highest BCUT2D eigenvalue weighted by Crippen LogP contribution is 2.25. The Bertz CT molecular complexity index is 517. The van der Waals surface area contributed by atoms with Gasteiger partial charge in [-0.2, -0.15) is 0 Å². The first-order valence-electron chi connectivity index (χ1n) is 7.43. The molecule has 1 aliphatic heterocycles. The highest BCUT2D eigenvalue weighted by Gasteiger charge is 2.31. The lowest BCUT2D eigenvalue weighted by molar-refractivity contribution is 0.370. The molecule has 0 aromatic carbocycles. The second-order valence-electron chi connectivity index (χ2n) is 6.67. The first-order chi connectivity index (χ1) is 9.36. The minimum Gasteiger partial charge on any atom is -0.345 e. The summed E-state index contributed by atoms with van der Waals surface area (Å²) in [5.41, 5.74) is 5.62. The first-order valence-corrected chi connectivity index (χ1v) is 7.43. The van der Waals surface area contributed by atoms with Crippen molar-refractivity contribution < 1.29 is 0 Å². The van der Waals surface area contributed by atoms with Gasteiger partial charge in [0.1, 0.15) is 0 Å². The molecule has 2 heterocycles. The summed E-state index contributed by atoms with van der Waals surface area (Å²) in [6.07, 6.45) is 6.77. The van der Waals surface area contributed by atoms with Crippen LogP contribution in [-0.2, 0) is 5.54 Å². The monoisotopic (exact) mass is 278 g/mol. The molecule has 1 aromatic rings. The smallest absolute Gasteiger partial charge is 0.294 e. The zero-order chi connectivity index (χ0) is 14.9. The fourth-order valence-corrected chi connectivity index (χ4v) is 3.01. The summed E-state index contributed by atoms with van der Waals surface area (Å²) in [5.74, 6) is 0.546. The summed E-state index contributed by atoms with van der Waals surface area (Å²) >= 11 is 0. The molecule has 5 heteroatoms. The molecule has 2 atom stereocenters. The van der Waals surface area contributed by atoms with E-state index in [1.54, 1.807) is 17.0 Å². The number of hydrogen-bond donors (Lipinski definition) is 1. The van der Waals surface area contributed by atoms with Crippen molar-refractivity contribution in [3.8, 4) is 0 Å². The number of anilines is 1. The van der Waals surface area contributed by atoms with Gasteiger partial charge in [0.25, 0.3) is 5.56 Å². The van der Waals surface area contributed by atoms with Crippen molar-refractivity contribution in [1.29, 1.82) is 0 Å². The maximum Gasteiger partial charge on any atom is 0.294 e. The second kappa shape index (κ2) is 5.56. The van der Waals surface area contributed by atoms with Gasteiger partial charge in [-0.25, -0.2) is 4.98 Å². The Balaban J connectivity index is 2.49. The van der Waals surface area contributed by atoms with Gasteiger partial charge in [0.05, 0.1) is 0 Å². The number of nitrogens with zero attached hydrogens (tertiary/aromatic N) is 3. The molecule has 20 heavy (non-hydrogen) atoms. The number of aromatic nitrogens is 2. The Morgan fingerprint density at radius 3 is 2.70 bits per heavy atom. The molecule has 0 aliphatic carbocycles. The first kappa shape index (κ1) is 15.0.